The molecule has 0 radical (unpaired) electrons. The summed E-state index contributed by atoms with van der Waals surface area (Å²) in [5, 5.41) is 0. The Kier molecular flexibility index (Phi) is 6.43. The number of hydrogen-bond acceptors (Lipinski definition) is 4. The van der Waals surface area contributed by atoms with Crippen molar-refractivity contribution in [2.45, 2.75) is 19.8 Å². The van der Waals surface area contributed by atoms with Crippen molar-refractivity contribution in [2.24, 2.45) is 5.92 Å². The summed E-state index contributed by atoms with van der Waals surface area (Å²) in [6, 6.07) is 12.9. The van der Waals surface area contributed by atoms with E-state index in [1.807, 2.05) is 24.3 Å². The number of amides is 3. The quantitative estimate of drug-likeness (QED) is 0.727. The van der Waals surface area contributed by atoms with Gasteiger partial charge in [-0.2, -0.15) is 0 Å². The fraction of sp³-hybridized carbons (Fsp3) is 0.286. The van der Waals surface area contributed by atoms with Crippen molar-refractivity contribution in [3.05, 3.63) is 59.9 Å². The molecule has 0 bridgehead atoms. The number of halogens is 1. The Labute approximate surface area is 167 Å². The molecule has 3 rings (SSSR count). The summed E-state index contributed by atoms with van der Waals surface area (Å²) in [5.41, 5.74) is 6.50. The van der Waals surface area contributed by atoms with Crippen LogP contribution in [0.2, 0.25) is 0 Å². The van der Waals surface area contributed by atoms with Crippen LogP contribution in [0.3, 0.4) is 0 Å². The van der Waals surface area contributed by atoms with Crippen LogP contribution in [-0.4, -0.2) is 30.9 Å². The lowest BCUT2D eigenvalue weighted by Gasteiger charge is -2.17. The van der Waals surface area contributed by atoms with Crippen LogP contribution in [0.15, 0.2) is 48.5 Å². The highest BCUT2D eigenvalue weighted by molar-refractivity contribution is 6.00. The summed E-state index contributed by atoms with van der Waals surface area (Å²) in [7, 11) is 0. The molecule has 1 heterocycles. The van der Waals surface area contributed by atoms with Crippen LogP contribution in [0, 0.1) is 11.7 Å². The molecule has 29 heavy (non-hydrogen) atoms. The van der Waals surface area contributed by atoms with Gasteiger partial charge in [-0.1, -0.05) is 19.1 Å². The summed E-state index contributed by atoms with van der Waals surface area (Å²) in [4.78, 5) is 38.0. The van der Waals surface area contributed by atoms with Crippen LogP contribution in [0.25, 0.3) is 0 Å². The fourth-order valence-corrected chi connectivity index (χ4v) is 2.99. The van der Waals surface area contributed by atoms with Gasteiger partial charge in [0.25, 0.3) is 5.91 Å². The lowest BCUT2D eigenvalue weighted by molar-refractivity contribution is -0.132. The predicted molar refractivity (Wildman–Crippen MR) is 104 cm³/mol. The molecule has 152 valence electrons. The maximum absolute atomic E-state index is 12.8. The monoisotopic (exact) mass is 399 g/mol. The normalized spacial score (nSPS) is 15.9. The van der Waals surface area contributed by atoms with Crippen molar-refractivity contribution in [3.63, 3.8) is 0 Å². The van der Waals surface area contributed by atoms with E-state index in [1.165, 1.54) is 29.8 Å². The van der Waals surface area contributed by atoms with E-state index in [-0.39, 0.29) is 25.5 Å². The molecule has 8 heteroatoms. The summed E-state index contributed by atoms with van der Waals surface area (Å²) in [5.74, 6) is -1.79. The third kappa shape index (κ3) is 5.31. The minimum Gasteiger partial charge on any atom is -0.484 e. The van der Waals surface area contributed by atoms with Crippen molar-refractivity contribution in [1.29, 1.82) is 0 Å². The Morgan fingerprint density at radius 2 is 1.79 bits per heavy atom. The molecule has 7 nitrogen and oxygen atoms in total. The second-order valence-corrected chi connectivity index (χ2v) is 6.71. The average Bonchev–Trinajstić information content (AvgIpc) is 3.13. The van der Waals surface area contributed by atoms with Crippen LogP contribution >= 0.6 is 0 Å². The fourth-order valence-electron chi connectivity index (χ4n) is 2.99. The SMILES string of the molecule is CCc1ccc(N2C[C@H](C(=O)NNC(=O)COc3ccc(F)cc3)CC2=O)cc1. The summed E-state index contributed by atoms with van der Waals surface area (Å²) >= 11 is 0. The van der Waals surface area contributed by atoms with Gasteiger partial charge >= 0.3 is 0 Å². The maximum Gasteiger partial charge on any atom is 0.276 e. The number of nitrogens with zero attached hydrogens (tertiary/aromatic N) is 1. The molecule has 0 aromatic heterocycles. The molecule has 1 saturated heterocycles. The summed E-state index contributed by atoms with van der Waals surface area (Å²) in [6.07, 6.45) is 0.979. The molecule has 0 saturated carbocycles. The molecular formula is C21H22FN3O4. The molecule has 2 aromatic rings. The van der Waals surface area contributed by atoms with E-state index in [4.69, 9.17) is 4.74 Å². The Balaban J connectivity index is 1.46. The molecule has 2 aromatic carbocycles. The van der Waals surface area contributed by atoms with Gasteiger partial charge in [-0.3, -0.25) is 25.2 Å². The predicted octanol–water partition coefficient (Wildman–Crippen LogP) is 1.97. The molecular weight excluding hydrogens is 377 g/mol. The van der Waals surface area contributed by atoms with Gasteiger partial charge in [0, 0.05) is 18.7 Å². The lowest BCUT2D eigenvalue weighted by atomic mass is 10.1. The van der Waals surface area contributed by atoms with Crippen LogP contribution in [-0.2, 0) is 20.8 Å². The number of aryl methyl sites for hydroxylation is 1. The first-order valence-corrected chi connectivity index (χ1v) is 9.32. The minimum absolute atomic E-state index is 0.0727. The molecule has 0 aliphatic carbocycles. The average molecular weight is 399 g/mol. The first-order chi connectivity index (χ1) is 14.0. The number of nitrogens with one attached hydrogen (secondary N) is 2. The van der Waals surface area contributed by atoms with Gasteiger partial charge in [-0.15, -0.1) is 0 Å². The van der Waals surface area contributed by atoms with Crippen LogP contribution < -0.4 is 20.5 Å². The summed E-state index contributed by atoms with van der Waals surface area (Å²) < 4.78 is 18.0. The van der Waals surface area contributed by atoms with E-state index < -0.39 is 23.5 Å². The van der Waals surface area contributed by atoms with Crippen molar-refractivity contribution < 1.29 is 23.5 Å². The first-order valence-electron chi connectivity index (χ1n) is 9.32. The van der Waals surface area contributed by atoms with Crippen molar-refractivity contribution in [3.8, 4) is 5.75 Å². The number of hydrazine groups is 1. The Hall–Kier alpha value is -3.42. The second kappa shape index (κ2) is 9.18. The van der Waals surface area contributed by atoms with Crippen molar-refractivity contribution in [1.82, 2.24) is 10.9 Å². The minimum atomic E-state index is -0.570. The zero-order chi connectivity index (χ0) is 20.8. The van der Waals surface area contributed by atoms with Gasteiger partial charge in [-0.25, -0.2) is 4.39 Å². The van der Waals surface area contributed by atoms with Gasteiger partial charge < -0.3 is 9.64 Å². The number of benzene rings is 2. The van der Waals surface area contributed by atoms with E-state index >= 15 is 0 Å². The highest BCUT2D eigenvalue weighted by Gasteiger charge is 2.35. The molecule has 3 amide bonds. The maximum atomic E-state index is 12.8. The number of rotatable bonds is 6. The molecule has 1 aliphatic heterocycles. The van der Waals surface area contributed by atoms with E-state index in [2.05, 4.69) is 17.8 Å². The number of carbonyl (C=O) groups excluding carboxylic acids is 3. The highest BCUT2D eigenvalue weighted by Crippen LogP contribution is 2.25. The topological polar surface area (TPSA) is 87.7 Å². The zero-order valence-corrected chi connectivity index (χ0v) is 16.0. The smallest absolute Gasteiger partial charge is 0.276 e. The van der Waals surface area contributed by atoms with Crippen LogP contribution in [0.4, 0.5) is 10.1 Å². The molecule has 0 spiro atoms. The number of anilines is 1. The van der Waals surface area contributed by atoms with Gasteiger partial charge in [0.2, 0.25) is 11.8 Å². The van der Waals surface area contributed by atoms with E-state index in [9.17, 15) is 18.8 Å². The van der Waals surface area contributed by atoms with Crippen LogP contribution in [0.5, 0.6) is 5.75 Å². The molecule has 2 N–H and O–H groups in total. The van der Waals surface area contributed by atoms with Gasteiger partial charge in [0.15, 0.2) is 6.61 Å². The van der Waals surface area contributed by atoms with Gasteiger partial charge in [-0.05, 0) is 48.4 Å². The van der Waals surface area contributed by atoms with Gasteiger partial charge in [0.1, 0.15) is 11.6 Å². The van der Waals surface area contributed by atoms with E-state index in [0.717, 1.165) is 12.1 Å². The molecule has 1 fully saturated rings. The lowest BCUT2D eigenvalue weighted by Crippen LogP contribution is -2.46. The van der Waals surface area contributed by atoms with Crippen molar-refractivity contribution in [2.75, 3.05) is 18.1 Å². The van der Waals surface area contributed by atoms with E-state index in [1.54, 1.807) is 4.90 Å². The largest absolute Gasteiger partial charge is 0.484 e. The molecule has 1 atom stereocenters. The molecule has 0 unspecified atom stereocenters. The van der Waals surface area contributed by atoms with Gasteiger partial charge in [0.05, 0.1) is 5.92 Å². The zero-order valence-electron chi connectivity index (χ0n) is 16.0. The summed E-state index contributed by atoms with van der Waals surface area (Å²) in [6.45, 7) is 1.96. The third-order valence-electron chi connectivity index (χ3n) is 4.66. The highest BCUT2D eigenvalue weighted by atomic mass is 19.1. The standard InChI is InChI=1S/C21H22FN3O4/c1-2-14-3-7-17(8-4-14)25-12-15(11-20(25)27)21(28)24-23-19(26)13-29-18-9-5-16(22)6-10-18/h3-10,15H,2,11-13H2,1H3,(H,23,26)(H,24,28)/t15-/m1/s1. The number of carbonyl (C=O) groups is 3. The van der Waals surface area contributed by atoms with E-state index in [0.29, 0.717) is 5.75 Å². The second-order valence-electron chi connectivity index (χ2n) is 6.71. The van der Waals surface area contributed by atoms with Crippen molar-refractivity contribution >= 4 is 23.4 Å². The van der Waals surface area contributed by atoms with Crippen LogP contribution in [0.1, 0.15) is 18.9 Å². The Bertz CT molecular complexity index is 884. The third-order valence-corrected chi connectivity index (χ3v) is 4.66. The Morgan fingerprint density at radius 1 is 1.10 bits per heavy atom. The Morgan fingerprint density at radius 3 is 2.45 bits per heavy atom. The number of ether oxygens (including phenoxy) is 1. The molecule has 1 aliphatic rings. The number of hydrogen-bond donors (Lipinski definition) is 2. The first kappa shape index (κ1) is 20.3.